The highest BCUT2D eigenvalue weighted by Crippen LogP contribution is 2.16. The Morgan fingerprint density at radius 3 is 2.83 bits per heavy atom. The van der Waals surface area contributed by atoms with Crippen molar-refractivity contribution in [1.29, 1.82) is 0 Å². The fourth-order valence-electron chi connectivity index (χ4n) is 2.67. The highest BCUT2D eigenvalue weighted by atomic mass is 32.2. The van der Waals surface area contributed by atoms with Crippen LogP contribution in [0, 0.1) is 0 Å². The molecule has 0 aliphatic heterocycles. The third-order valence-electron chi connectivity index (χ3n) is 3.88. The van der Waals surface area contributed by atoms with E-state index in [4.69, 9.17) is 0 Å². The zero-order valence-electron chi connectivity index (χ0n) is 12.9. The number of hydrogen-bond donors (Lipinski definition) is 1. The second kappa shape index (κ2) is 6.25. The molecule has 0 spiro atoms. The quantitative estimate of drug-likeness (QED) is 0.817. The number of aryl methyl sites for hydroxylation is 3. The van der Waals surface area contributed by atoms with Gasteiger partial charge in [0.05, 0.1) is 18.4 Å². The second-order valence-corrected chi connectivity index (χ2v) is 7.40. The summed E-state index contributed by atoms with van der Waals surface area (Å²) in [5, 5.41) is 8.20. The predicted octanol–water partition coefficient (Wildman–Crippen LogP) is -0.166. The van der Waals surface area contributed by atoms with E-state index in [1.54, 1.807) is 13.1 Å². The molecule has 3 rings (SSSR count). The minimum absolute atomic E-state index is 0.100. The summed E-state index contributed by atoms with van der Waals surface area (Å²) in [5.41, 5.74) is 1.78. The summed E-state index contributed by atoms with van der Waals surface area (Å²) < 4.78 is 29.4. The average molecular weight is 337 g/mol. The minimum Gasteiger partial charge on any atom is -0.274 e. The number of sulfonamides is 1. The summed E-state index contributed by atoms with van der Waals surface area (Å²) in [6.45, 7) is 0.300. The topological polar surface area (TPSA) is 98.9 Å². The molecule has 0 unspecified atom stereocenters. The summed E-state index contributed by atoms with van der Waals surface area (Å²) >= 11 is 0. The first-order valence-corrected chi connectivity index (χ1v) is 9.02. The van der Waals surface area contributed by atoms with Crippen molar-refractivity contribution in [2.24, 2.45) is 7.05 Å². The molecule has 0 bridgehead atoms. The average Bonchev–Trinajstić information content (AvgIpc) is 2.95. The number of hydrogen-bond acceptors (Lipinski definition) is 5. The maximum Gasteiger partial charge on any atom is 0.267 e. The van der Waals surface area contributed by atoms with Crippen molar-refractivity contribution in [3.8, 4) is 0 Å². The van der Waals surface area contributed by atoms with Gasteiger partial charge in [-0.1, -0.05) is 0 Å². The molecule has 1 aliphatic carbocycles. The van der Waals surface area contributed by atoms with Crippen molar-refractivity contribution in [3.63, 3.8) is 0 Å². The maximum atomic E-state index is 12.1. The third-order valence-corrected chi connectivity index (χ3v) is 5.30. The van der Waals surface area contributed by atoms with Gasteiger partial charge in [-0.05, 0) is 31.2 Å². The molecule has 0 saturated heterocycles. The van der Waals surface area contributed by atoms with Gasteiger partial charge in [0, 0.05) is 25.9 Å². The van der Waals surface area contributed by atoms with Gasteiger partial charge in [0.15, 0.2) is 0 Å². The molecule has 0 atom stereocenters. The van der Waals surface area contributed by atoms with Gasteiger partial charge >= 0.3 is 0 Å². The monoisotopic (exact) mass is 337 g/mol. The maximum absolute atomic E-state index is 12.1. The van der Waals surface area contributed by atoms with E-state index in [0.29, 0.717) is 0 Å². The van der Waals surface area contributed by atoms with Gasteiger partial charge in [-0.25, -0.2) is 17.8 Å². The fraction of sp³-hybridized carbons (Fsp3) is 0.500. The standard InChI is InChI=1S/C14H19N5O3S/c1-18-10-12(9-15-18)23(21,22)16-6-7-19-14(20)8-11-4-2-3-5-13(11)17-19/h8-10,16H,2-7H2,1H3. The van der Waals surface area contributed by atoms with Crippen LogP contribution in [0.5, 0.6) is 0 Å². The first kappa shape index (κ1) is 15.9. The molecule has 1 aliphatic rings. The van der Waals surface area contributed by atoms with E-state index in [-0.39, 0.29) is 23.5 Å². The summed E-state index contributed by atoms with van der Waals surface area (Å²) in [5.74, 6) is 0. The van der Waals surface area contributed by atoms with Crippen LogP contribution in [-0.4, -0.2) is 34.5 Å². The van der Waals surface area contributed by atoms with Crippen LogP contribution in [0.3, 0.4) is 0 Å². The summed E-state index contributed by atoms with van der Waals surface area (Å²) in [4.78, 5) is 12.1. The molecule has 124 valence electrons. The lowest BCUT2D eigenvalue weighted by atomic mass is 9.97. The fourth-order valence-corrected chi connectivity index (χ4v) is 3.67. The van der Waals surface area contributed by atoms with Gasteiger partial charge in [-0.3, -0.25) is 9.48 Å². The minimum atomic E-state index is -3.62. The number of aromatic nitrogens is 4. The largest absolute Gasteiger partial charge is 0.274 e. The SMILES string of the molecule is Cn1cc(S(=O)(=O)NCCn2nc3c(cc2=O)CCCC3)cn1. The van der Waals surface area contributed by atoms with Crippen LogP contribution in [0.2, 0.25) is 0 Å². The van der Waals surface area contributed by atoms with Crippen LogP contribution in [0.25, 0.3) is 0 Å². The molecule has 23 heavy (non-hydrogen) atoms. The molecule has 0 saturated carbocycles. The molecule has 0 amide bonds. The van der Waals surface area contributed by atoms with Gasteiger partial charge < -0.3 is 0 Å². The Morgan fingerprint density at radius 1 is 1.30 bits per heavy atom. The lowest BCUT2D eigenvalue weighted by Gasteiger charge is -2.15. The van der Waals surface area contributed by atoms with E-state index in [1.807, 2.05) is 0 Å². The molecule has 8 nitrogen and oxygen atoms in total. The molecule has 9 heteroatoms. The van der Waals surface area contributed by atoms with E-state index >= 15 is 0 Å². The normalized spacial score (nSPS) is 14.7. The van der Waals surface area contributed by atoms with Crippen molar-refractivity contribution in [2.45, 2.75) is 37.1 Å². The Balaban J connectivity index is 1.68. The Labute approximate surface area is 134 Å². The number of nitrogens with one attached hydrogen (secondary N) is 1. The van der Waals surface area contributed by atoms with E-state index in [9.17, 15) is 13.2 Å². The molecule has 2 heterocycles. The van der Waals surface area contributed by atoms with Gasteiger partial charge in [0.1, 0.15) is 4.90 Å². The van der Waals surface area contributed by atoms with Gasteiger partial charge in [-0.2, -0.15) is 10.2 Å². The van der Waals surface area contributed by atoms with Gasteiger partial charge in [0.25, 0.3) is 5.56 Å². The zero-order valence-corrected chi connectivity index (χ0v) is 13.7. The van der Waals surface area contributed by atoms with Crippen LogP contribution in [0.1, 0.15) is 24.1 Å². The van der Waals surface area contributed by atoms with Crippen LogP contribution in [0.4, 0.5) is 0 Å². The van der Waals surface area contributed by atoms with E-state index in [0.717, 1.165) is 36.9 Å². The number of fused-ring (bicyclic) bond motifs is 1. The first-order chi connectivity index (χ1) is 11.0. The van der Waals surface area contributed by atoms with E-state index < -0.39 is 10.0 Å². The van der Waals surface area contributed by atoms with E-state index in [1.165, 1.54) is 21.8 Å². The van der Waals surface area contributed by atoms with Gasteiger partial charge in [-0.15, -0.1) is 0 Å². The third kappa shape index (κ3) is 3.50. The molecule has 0 radical (unpaired) electrons. The van der Waals surface area contributed by atoms with E-state index in [2.05, 4.69) is 14.9 Å². The molecule has 1 N–H and O–H groups in total. The van der Waals surface area contributed by atoms with Crippen LogP contribution in [-0.2, 0) is 36.5 Å². The number of nitrogens with zero attached hydrogens (tertiary/aromatic N) is 4. The van der Waals surface area contributed by atoms with Crippen LogP contribution in [0.15, 0.2) is 28.2 Å². The van der Waals surface area contributed by atoms with Crippen molar-refractivity contribution >= 4 is 10.0 Å². The lowest BCUT2D eigenvalue weighted by molar-refractivity contribution is 0.526. The highest BCUT2D eigenvalue weighted by molar-refractivity contribution is 7.89. The molecule has 0 fully saturated rings. The first-order valence-electron chi connectivity index (χ1n) is 7.54. The van der Waals surface area contributed by atoms with Crippen molar-refractivity contribution in [2.75, 3.05) is 6.54 Å². The highest BCUT2D eigenvalue weighted by Gasteiger charge is 2.16. The molecule has 0 aromatic carbocycles. The Hall–Kier alpha value is -2.00. The second-order valence-electron chi connectivity index (χ2n) is 5.63. The molecular weight excluding hydrogens is 318 g/mol. The summed E-state index contributed by atoms with van der Waals surface area (Å²) in [6, 6.07) is 1.62. The molecule has 2 aromatic rings. The summed E-state index contributed by atoms with van der Waals surface area (Å²) in [7, 11) is -1.97. The van der Waals surface area contributed by atoms with Crippen LogP contribution >= 0.6 is 0 Å². The zero-order chi connectivity index (χ0) is 16.4. The van der Waals surface area contributed by atoms with Crippen molar-refractivity contribution in [1.82, 2.24) is 24.3 Å². The molecular formula is C14H19N5O3S. The number of rotatable bonds is 5. The van der Waals surface area contributed by atoms with Crippen molar-refractivity contribution in [3.05, 3.63) is 40.1 Å². The predicted molar refractivity (Wildman–Crippen MR) is 83.5 cm³/mol. The smallest absolute Gasteiger partial charge is 0.267 e. The Kier molecular flexibility index (Phi) is 4.31. The summed E-state index contributed by atoms with van der Waals surface area (Å²) in [6.07, 6.45) is 6.63. The van der Waals surface area contributed by atoms with Crippen molar-refractivity contribution < 1.29 is 8.42 Å². The Morgan fingerprint density at radius 2 is 2.09 bits per heavy atom. The Bertz CT molecular complexity index is 869. The molecule has 2 aromatic heterocycles. The van der Waals surface area contributed by atoms with Crippen LogP contribution < -0.4 is 10.3 Å². The van der Waals surface area contributed by atoms with Gasteiger partial charge in [0.2, 0.25) is 10.0 Å². The lowest BCUT2D eigenvalue weighted by Crippen LogP contribution is -2.33.